The van der Waals surface area contributed by atoms with Crippen molar-refractivity contribution in [3.63, 3.8) is 0 Å². The van der Waals surface area contributed by atoms with Gasteiger partial charge >= 0.3 is 0 Å². The lowest BCUT2D eigenvalue weighted by atomic mass is 10.1. The van der Waals surface area contributed by atoms with Crippen LogP contribution < -0.4 is 0 Å². The highest BCUT2D eigenvalue weighted by molar-refractivity contribution is 5.74. The second-order valence-electron chi connectivity index (χ2n) is 4.62. The standard InChI is InChI=1S/C17H15N3/c1-2-8-15(13-14-9-4-3-5-10-14)20-17-12-7-6-11-16(17)18-19-20/h3-7,9-12,15H,13H2,1H3. The maximum Gasteiger partial charge on any atom is 0.119 e. The molecule has 1 unspecified atom stereocenters. The molecule has 1 heterocycles. The molecule has 0 N–H and O–H groups in total. The van der Waals surface area contributed by atoms with E-state index in [-0.39, 0.29) is 6.04 Å². The number of fused-ring (bicyclic) bond motifs is 1. The number of nitrogens with zero attached hydrogens (tertiary/aromatic N) is 3. The van der Waals surface area contributed by atoms with E-state index in [1.807, 2.05) is 54.1 Å². The fourth-order valence-corrected chi connectivity index (χ4v) is 2.32. The van der Waals surface area contributed by atoms with Gasteiger partial charge in [-0.25, -0.2) is 4.68 Å². The van der Waals surface area contributed by atoms with E-state index in [2.05, 4.69) is 34.3 Å². The summed E-state index contributed by atoms with van der Waals surface area (Å²) in [5.41, 5.74) is 3.18. The molecule has 0 bridgehead atoms. The number of hydrogen-bond donors (Lipinski definition) is 0. The van der Waals surface area contributed by atoms with Gasteiger partial charge in [0, 0.05) is 6.42 Å². The van der Waals surface area contributed by atoms with E-state index in [9.17, 15) is 0 Å². The van der Waals surface area contributed by atoms with Crippen LogP contribution in [0.5, 0.6) is 0 Å². The van der Waals surface area contributed by atoms with E-state index in [0.29, 0.717) is 0 Å². The van der Waals surface area contributed by atoms with Crippen molar-refractivity contribution in [2.45, 2.75) is 19.4 Å². The smallest absolute Gasteiger partial charge is 0.119 e. The van der Waals surface area contributed by atoms with Gasteiger partial charge in [0.05, 0.1) is 5.52 Å². The molecule has 0 spiro atoms. The molecule has 3 rings (SSSR count). The summed E-state index contributed by atoms with van der Waals surface area (Å²) >= 11 is 0. The zero-order chi connectivity index (χ0) is 13.8. The van der Waals surface area contributed by atoms with Crippen LogP contribution in [0.4, 0.5) is 0 Å². The summed E-state index contributed by atoms with van der Waals surface area (Å²) in [5, 5.41) is 8.48. The number of aromatic nitrogens is 3. The monoisotopic (exact) mass is 261 g/mol. The Labute approximate surface area is 118 Å². The van der Waals surface area contributed by atoms with E-state index in [1.54, 1.807) is 0 Å². The molecule has 1 atom stereocenters. The van der Waals surface area contributed by atoms with Gasteiger partial charge in [0.15, 0.2) is 0 Å². The molecule has 0 aliphatic heterocycles. The number of benzene rings is 2. The Hall–Kier alpha value is -2.60. The third-order valence-electron chi connectivity index (χ3n) is 3.26. The Morgan fingerprint density at radius 2 is 1.80 bits per heavy atom. The Kier molecular flexibility index (Phi) is 3.47. The Bertz CT molecular complexity index is 763. The normalized spacial score (nSPS) is 11.8. The van der Waals surface area contributed by atoms with E-state index >= 15 is 0 Å². The van der Waals surface area contributed by atoms with Crippen LogP contribution in [-0.2, 0) is 6.42 Å². The SMILES string of the molecule is CC#CC(Cc1ccccc1)n1nnc2ccccc21. The Morgan fingerprint density at radius 3 is 2.60 bits per heavy atom. The van der Waals surface area contributed by atoms with Gasteiger partial charge in [0.2, 0.25) is 0 Å². The summed E-state index contributed by atoms with van der Waals surface area (Å²) in [4.78, 5) is 0. The summed E-state index contributed by atoms with van der Waals surface area (Å²) in [6.45, 7) is 1.86. The van der Waals surface area contributed by atoms with Crippen LogP contribution in [0, 0.1) is 11.8 Å². The molecule has 1 aromatic heterocycles. The van der Waals surface area contributed by atoms with Crippen molar-refractivity contribution >= 4 is 11.0 Å². The lowest BCUT2D eigenvalue weighted by Crippen LogP contribution is -2.12. The number of hydrogen-bond acceptors (Lipinski definition) is 2. The predicted molar refractivity (Wildman–Crippen MR) is 80.2 cm³/mol. The number of rotatable bonds is 3. The summed E-state index contributed by atoms with van der Waals surface area (Å²) in [5.74, 6) is 6.24. The highest BCUT2D eigenvalue weighted by atomic mass is 15.4. The average Bonchev–Trinajstić information content (AvgIpc) is 2.92. The van der Waals surface area contributed by atoms with Crippen molar-refractivity contribution < 1.29 is 0 Å². The molecular weight excluding hydrogens is 246 g/mol. The first kappa shape index (κ1) is 12.4. The van der Waals surface area contributed by atoms with Crippen LogP contribution in [0.25, 0.3) is 11.0 Å². The van der Waals surface area contributed by atoms with Gasteiger partial charge in [-0.2, -0.15) is 0 Å². The quantitative estimate of drug-likeness (QED) is 0.678. The molecule has 3 heteroatoms. The second kappa shape index (κ2) is 5.58. The van der Waals surface area contributed by atoms with Crippen LogP contribution in [-0.4, -0.2) is 15.0 Å². The van der Waals surface area contributed by atoms with Crippen molar-refractivity contribution in [1.82, 2.24) is 15.0 Å². The first-order valence-electron chi connectivity index (χ1n) is 6.64. The molecule has 98 valence electrons. The van der Waals surface area contributed by atoms with Crippen LogP contribution in [0.15, 0.2) is 54.6 Å². The van der Waals surface area contributed by atoms with Crippen molar-refractivity contribution in [2.75, 3.05) is 0 Å². The molecule has 2 aromatic carbocycles. The van der Waals surface area contributed by atoms with E-state index in [1.165, 1.54) is 5.56 Å². The van der Waals surface area contributed by atoms with Crippen LogP contribution in [0.3, 0.4) is 0 Å². The second-order valence-corrected chi connectivity index (χ2v) is 4.62. The van der Waals surface area contributed by atoms with Gasteiger partial charge in [0.1, 0.15) is 11.6 Å². The molecule has 0 saturated heterocycles. The van der Waals surface area contributed by atoms with Gasteiger partial charge in [0.25, 0.3) is 0 Å². The maximum absolute atomic E-state index is 4.27. The summed E-state index contributed by atoms with van der Waals surface area (Å²) < 4.78 is 1.92. The van der Waals surface area contributed by atoms with E-state index in [4.69, 9.17) is 0 Å². The molecule has 3 nitrogen and oxygen atoms in total. The van der Waals surface area contributed by atoms with Gasteiger partial charge < -0.3 is 0 Å². The third-order valence-corrected chi connectivity index (χ3v) is 3.26. The molecular formula is C17H15N3. The highest BCUT2D eigenvalue weighted by Gasteiger charge is 2.13. The molecule has 0 amide bonds. The first-order chi connectivity index (χ1) is 9.88. The lowest BCUT2D eigenvalue weighted by molar-refractivity contribution is 0.548. The molecule has 0 fully saturated rings. The van der Waals surface area contributed by atoms with Crippen LogP contribution >= 0.6 is 0 Å². The average molecular weight is 261 g/mol. The van der Waals surface area contributed by atoms with Crippen molar-refractivity contribution in [3.05, 3.63) is 60.2 Å². The van der Waals surface area contributed by atoms with Crippen LogP contribution in [0.2, 0.25) is 0 Å². The highest BCUT2D eigenvalue weighted by Crippen LogP contribution is 2.18. The molecule has 0 aliphatic rings. The van der Waals surface area contributed by atoms with E-state index < -0.39 is 0 Å². The third kappa shape index (κ3) is 2.41. The van der Waals surface area contributed by atoms with Gasteiger partial charge in [-0.3, -0.25) is 0 Å². The Morgan fingerprint density at radius 1 is 1.05 bits per heavy atom. The molecule has 0 radical (unpaired) electrons. The van der Waals surface area contributed by atoms with Crippen molar-refractivity contribution in [1.29, 1.82) is 0 Å². The fraction of sp³-hybridized carbons (Fsp3) is 0.176. The molecule has 20 heavy (non-hydrogen) atoms. The van der Waals surface area contributed by atoms with Crippen LogP contribution in [0.1, 0.15) is 18.5 Å². The zero-order valence-corrected chi connectivity index (χ0v) is 11.3. The molecule has 0 aliphatic carbocycles. The summed E-state index contributed by atoms with van der Waals surface area (Å²) in [6, 6.07) is 18.3. The largest absolute Gasteiger partial charge is 0.229 e. The molecule has 0 saturated carbocycles. The molecule has 3 aromatic rings. The van der Waals surface area contributed by atoms with Gasteiger partial charge in [-0.1, -0.05) is 53.6 Å². The fourth-order valence-electron chi connectivity index (χ4n) is 2.32. The zero-order valence-electron chi connectivity index (χ0n) is 11.3. The first-order valence-corrected chi connectivity index (χ1v) is 6.64. The minimum atomic E-state index is 0.00907. The minimum Gasteiger partial charge on any atom is -0.229 e. The maximum atomic E-state index is 4.27. The lowest BCUT2D eigenvalue weighted by Gasteiger charge is -2.12. The minimum absolute atomic E-state index is 0.00907. The Balaban J connectivity index is 2.00. The van der Waals surface area contributed by atoms with Crippen molar-refractivity contribution in [2.24, 2.45) is 0 Å². The van der Waals surface area contributed by atoms with E-state index in [0.717, 1.165) is 17.5 Å². The predicted octanol–water partition coefficient (Wildman–Crippen LogP) is 3.24. The topological polar surface area (TPSA) is 30.7 Å². The van der Waals surface area contributed by atoms with Crippen molar-refractivity contribution in [3.8, 4) is 11.8 Å². The summed E-state index contributed by atoms with van der Waals surface area (Å²) in [6.07, 6.45) is 0.828. The number of para-hydroxylation sites is 1. The van der Waals surface area contributed by atoms with Gasteiger partial charge in [-0.05, 0) is 24.6 Å². The summed E-state index contributed by atoms with van der Waals surface area (Å²) in [7, 11) is 0. The van der Waals surface area contributed by atoms with Gasteiger partial charge in [-0.15, -0.1) is 11.0 Å².